The zero-order chi connectivity index (χ0) is 13.7. The van der Waals surface area contributed by atoms with Gasteiger partial charge >= 0.3 is 0 Å². The number of aromatic nitrogens is 2. The molecule has 1 saturated heterocycles. The van der Waals surface area contributed by atoms with Crippen LogP contribution in [0.25, 0.3) is 0 Å². The summed E-state index contributed by atoms with van der Waals surface area (Å²) in [7, 11) is 0. The molecule has 0 spiro atoms. The first-order chi connectivity index (χ1) is 9.22. The second-order valence-electron chi connectivity index (χ2n) is 5.37. The van der Waals surface area contributed by atoms with Gasteiger partial charge in [-0.2, -0.15) is 5.10 Å². The van der Waals surface area contributed by atoms with Gasteiger partial charge in [-0.15, -0.1) is 0 Å². The molecule has 2 rings (SSSR count). The molecule has 0 aromatic carbocycles. The molecule has 2 atom stereocenters. The Morgan fingerprint density at radius 1 is 1.53 bits per heavy atom. The average molecular weight is 266 g/mol. The highest BCUT2D eigenvalue weighted by molar-refractivity contribution is 5.11. The maximum atomic E-state index is 10.2. The number of nitrogens with zero attached hydrogens (tertiary/aromatic N) is 2. The molecule has 0 radical (unpaired) electrons. The smallest absolute Gasteiger partial charge is 0.0624 e. The van der Waals surface area contributed by atoms with Crippen LogP contribution in [0.15, 0.2) is 6.07 Å². The Kier molecular flexibility index (Phi) is 5.40. The van der Waals surface area contributed by atoms with Gasteiger partial charge in [0.05, 0.1) is 17.9 Å². The Labute approximate surface area is 115 Å². The van der Waals surface area contributed by atoms with E-state index in [4.69, 9.17) is 4.74 Å². The number of aryl methyl sites for hydroxylation is 2. The normalized spacial score (nSPS) is 20.9. The first kappa shape index (κ1) is 14.5. The zero-order valence-corrected chi connectivity index (χ0v) is 12.1. The van der Waals surface area contributed by atoms with Gasteiger partial charge in [0.2, 0.25) is 0 Å². The van der Waals surface area contributed by atoms with Crippen molar-refractivity contribution in [3.8, 4) is 0 Å². The molecule has 1 aromatic heterocycles. The van der Waals surface area contributed by atoms with Gasteiger partial charge in [-0.3, -0.25) is 4.68 Å². The van der Waals surface area contributed by atoms with Crippen molar-refractivity contribution in [1.82, 2.24) is 9.78 Å². The summed E-state index contributed by atoms with van der Waals surface area (Å²) in [4.78, 5) is 0. The number of rotatable bonds is 7. The predicted octanol–water partition coefficient (Wildman–Crippen LogP) is 2.33. The molecule has 19 heavy (non-hydrogen) atoms. The molecule has 1 N–H and O–H groups in total. The van der Waals surface area contributed by atoms with Gasteiger partial charge in [0, 0.05) is 25.3 Å². The molecule has 2 heterocycles. The molecule has 4 nitrogen and oxygen atoms in total. The molecule has 0 bridgehead atoms. The highest BCUT2D eigenvalue weighted by Crippen LogP contribution is 2.19. The van der Waals surface area contributed by atoms with Gasteiger partial charge in [-0.05, 0) is 45.1 Å². The molecule has 1 aliphatic rings. The molecule has 1 aliphatic heterocycles. The lowest BCUT2D eigenvalue weighted by atomic mass is 10.0. The maximum absolute atomic E-state index is 10.2. The highest BCUT2D eigenvalue weighted by Gasteiger charge is 2.18. The fourth-order valence-corrected chi connectivity index (χ4v) is 2.72. The Hall–Kier alpha value is -0.870. The number of ether oxygens (including phenoxy) is 1. The summed E-state index contributed by atoms with van der Waals surface area (Å²) in [5.74, 6) is 0. The third-order valence-corrected chi connectivity index (χ3v) is 3.87. The first-order valence-electron chi connectivity index (χ1n) is 7.58. The number of aliphatic hydroxyl groups is 1. The summed E-state index contributed by atoms with van der Waals surface area (Å²) >= 11 is 0. The molecule has 0 amide bonds. The van der Waals surface area contributed by atoms with Crippen molar-refractivity contribution in [2.75, 3.05) is 6.61 Å². The Morgan fingerprint density at radius 2 is 2.37 bits per heavy atom. The van der Waals surface area contributed by atoms with Crippen LogP contribution in [0.1, 0.15) is 50.9 Å². The molecular formula is C15H26N2O2. The van der Waals surface area contributed by atoms with Crippen LogP contribution in [0.4, 0.5) is 0 Å². The Balaban J connectivity index is 1.83. The second-order valence-corrected chi connectivity index (χ2v) is 5.37. The van der Waals surface area contributed by atoms with Gasteiger partial charge in [0.1, 0.15) is 0 Å². The minimum absolute atomic E-state index is 0.282. The lowest BCUT2D eigenvalue weighted by molar-refractivity contribution is 0.0808. The summed E-state index contributed by atoms with van der Waals surface area (Å²) in [6, 6.07) is 2.12. The number of hydrogen-bond donors (Lipinski definition) is 1. The van der Waals surface area contributed by atoms with Gasteiger partial charge in [0.25, 0.3) is 0 Å². The van der Waals surface area contributed by atoms with Crippen LogP contribution in [0.5, 0.6) is 0 Å². The monoisotopic (exact) mass is 266 g/mol. The van der Waals surface area contributed by atoms with E-state index in [9.17, 15) is 5.11 Å². The summed E-state index contributed by atoms with van der Waals surface area (Å²) in [5, 5.41) is 14.7. The van der Waals surface area contributed by atoms with E-state index in [1.165, 1.54) is 6.42 Å². The van der Waals surface area contributed by atoms with Crippen molar-refractivity contribution >= 4 is 0 Å². The van der Waals surface area contributed by atoms with Crippen LogP contribution < -0.4 is 0 Å². The highest BCUT2D eigenvalue weighted by atomic mass is 16.5. The average Bonchev–Trinajstić information content (AvgIpc) is 3.05. The predicted molar refractivity (Wildman–Crippen MR) is 75.2 cm³/mol. The molecule has 2 unspecified atom stereocenters. The molecule has 1 fully saturated rings. The fraction of sp³-hybridized carbons (Fsp3) is 0.800. The van der Waals surface area contributed by atoms with Gasteiger partial charge in [-0.25, -0.2) is 0 Å². The standard InChI is InChI=1S/C15H26N2O2/c1-3-12-10-13(17(4-2)16-12)11-14(18)7-8-15-6-5-9-19-15/h10,14-15,18H,3-9,11H2,1-2H3. The lowest BCUT2D eigenvalue weighted by Crippen LogP contribution is -2.17. The van der Waals surface area contributed by atoms with Crippen molar-refractivity contribution in [2.45, 2.75) is 71.1 Å². The van der Waals surface area contributed by atoms with Crippen molar-refractivity contribution in [3.05, 3.63) is 17.5 Å². The lowest BCUT2D eigenvalue weighted by Gasteiger charge is -2.14. The van der Waals surface area contributed by atoms with E-state index in [0.717, 1.165) is 50.2 Å². The van der Waals surface area contributed by atoms with E-state index in [-0.39, 0.29) is 6.10 Å². The van der Waals surface area contributed by atoms with E-state index in [2.05, 4.69) is 25.0 Å². The van der Waals surface area contributed by atoms with Gasteiger partial charge < -0.3 is 9.84 Å². The molecule has 4 heteroatoms. The Bertz CT molecular complexity index is 383. The van der Waals surface area contributed by atoms with E-state index in [0.29, 0.717) is 12.5 Å². The van der Waals surface area contributed by atoms with Crippen LogP contribution >= 0.6 is 0 Å². The van der Waals surface area contributed by atoms with Crippen molar-refractivity contribution in [1.29, 1.82) is 0 Å². The summed E-state index contributed by atoms with van der Waals surface area (Å²) < 4.78 is 7.60. The first-order valence-corrected chi connectivity index (χ1v) is 7.58. The second kappa shape index (κ2) is 7.06. The fourth-order valence-electron chi connectivity index (χ4n) is 2.72. The molecular weight excluding hydrogens is 240 g/mol. The van der Waals surface area contributed by atoms with Crippen LogP contribution in [-0.2, 0) is 24.1 Å². The molecule has 0 aliphatic carbocycles. The SMILES string of the molecule is CCc1cc(CC(O)CCC2CCCO2)n(CC)n1. The van der Waals surface area contributed by atoms with Crippen molar-refractivity contribution < 1.29 is 9.84 Å². The van der Waals surface area contributed by atoms with Crippen molar-refractivity contribution in [3.63, 3.8) is 0 Å². The number of hydrogen-bond acceptors (Lipinski definition) is 3. The van der Waals surface area contributed by atoms with Crippen LogP contribution in [0, 0.1) is 0 Å². The molecule has 0 saturated carbocycles. The zero-order valence-electron chi connectivity index (χ0n) is 12.1. The number of aliphatic hydroxyl groups excluding tert-OH is 1. The third kappa shape index (κ3) is 4.05. The summed E-state index contributed by atoms with van der Waals surface area (Å²) in [6.07, 6.45) is 5.86. The van der Waals surface area contributed by atoms with Crippen LogP contribution in [-0.4, -0.2) is 33.7 Å². The van der Waals surface area contributed by atoms with E-state index in [1.807, 2.05) is 4.68 Å². The Morgan fingerprint density at radius 3 is 3.00 bits per heavy atom. The van der Waals surface area contributed by atoms with Gasteiger partial charge in [-0.1, -0.05) is 6.92 Å². The summed E-state index contributed by atoms with van der Waals surface area (Å²) in [5.41, 5.74) is 2.27. The summed E-state index contributed by atoms with van der Waals surface area (Å²) in [6.45, 7) is 5.96. The molecule has 1 aromatic rings. The maximum Gasteiger partial charge on any atom is 0.0624 e. The van der Waals surface area contributed by atoms with Gasteiger partial charge in [0.15, 0.2) is 0 Å². The van der Waals surface area contributed by atoms with Crippen molar-refractivity contribution in [2.24, 2.45) is 0 Å². The third-order valence-electron chi connectivity index (χ3n) is 3.87. The minimum Gasteiger partial charge on any atom is -0.393 e. The van der Waals surface area contributed by atoms with E-state index in [1.54, 1.807) is 0 Å². The molecule has 108 valence electrons. The largest absolute Gasteiger partial charge is 0.393 e. The van der Waals surface area contributed by atoms with Crippen LogP contribution in [0.3, 0.4) is 0 Å². The quantitative estimate of drug-likeness (QED) is 0.824. The van der Waals surface area contributed by atoms with E-state index < -0.39 is 0 Å². The topological polar surface area (TPSA) is 47.3 Å². The van der Waals surface area contributed by atoms with E-state index >= 15 is 0 Å². The van der Waals surface area contributed by atoms with Crippen LogP contribution in [0.2, 0.25) is 0 Å². The minimum atomic E-state index is -0.282.